The Labute approximate surface area is 139 Å². The number of ether oxygens (including phenoxy) is 1. The molecular weight excluding hydrogens is 304 g/mol. The maximum absolute atomic E-state index is 12.5. The Hall–Kier alpha value is -3.15. The second-order valence-electron chi connectivity index (χ2n) is 5.49. The molecule has 0 saturated heterocycles. The molecule has 6 heteroatoms. The van der Waals surface area contributed by atoms with Crippen LogP contribution in [0.4, 0.5) is 5.69 Å². The molecular formula is C18H18N4O2. The van der Waals surface area contributed by atoms with Gasteiger partial charge in [0, 0.05) is 0 Å². The van der Waals surface area contributed by atoms with Gasteiger partial charge in [0.25, 0.3) is 5.91 Å². The van der Waals surface area contributed by atoms with Crippen LogP contribution in [0, 0.1) is 13.8 Å². The summed E-state index contributed by atoms with van der Waals surface area (Å²) >= 11 is 0. The highest BCUT2D eigenvalue weighted by Crippen LogP contribution is 2.26. The first kappa shape index (κ1) is 15.7. The second kappa shape index (κ2) is 6.54. The molecule has 0 aliphatic heterocycles. The van der Waals surface area contributed by atoms with Gasteiger partial charge in [0.2, 0.25) is 0 Å². The highest BCUT2D eigenvalue weighted by molar-refractivity contribution is 6.04. The van der Waals surface area contributed by atoms with Crippen LogP contribution >= 0.6 is 0 Å². The lowest BCUT2D eigenvalue weighted by molar-refractivity contribution is 0.102. The fraction of sp³-hybridized carbons (Fsp3) is 0.167. The maximum Gasteiger partial charge on any atom is 0.274 e. The van der Waals surface area contributed by atoms with Gasteiger partial charge in [0.1, 0.15) is 11.4 Å². The van der Waals surface area contributed by atoms with Gasteiger partial charge in [-0.25, -0.2) is 4.98 Å². The summed E-state index contributed by atoms with van der Waals surface area (Å²) in [6.45, 7) is 3.90. The fourth-order valence-corrected chi connectivity index (χ4v) is 2.39. The van der Waals surface area contributed by atoms with Gasteiger partial charge in [-0.15, -0.1) is 0 Å². The average Bonchev–Trinajstić information content (AvgIpc) is 3.02. The van der Waals surface area contributed by atoms with Crippen molar-refractivity contribution in [1.29, 1.82) is 0 Å². The molecule has 1 amide bonds. The van der Waals surface area contributed by atoms with Crippen molar-refractivity contribution < 1.29 is 9.53 Å². The van der Waals surface area contributed by atoms with Gasteiger partial charge in [0.05, 0.1) is 30.4 Å². The number of methoxy groups -OCH3 is 1. The number of carbonyl (C=O) groups is 1. The number of rotatable bonds is 4. The van der Waals surface area contributed by atoms with Gasteiger partial charge < -0.3 is 10.1 Å². The van der Waals surface area contributed by atoms with Crippen molar-refractivity contribution in [3.63, 3.8) is 0 Å². The fourth-order valence-electron chi connectivity index (χ4n) is 2.39. The Balaban J connectivity index is 1.87. The molecule has 0 atom stereocenters. The quantitative estimate of drug-likeness (QED) is 0.772. The number of pyridine rings is 1. The number of nitrogens with one attached hydrogen (secondary N) is 2. The molecule has 0 spiro atoms. The number of aromatic amines is 1. The van der Waals surface area contributed by atoms with Gasteiger partial charge in [-0.2, -0.15) is 5.10 Å². The van der Waals surface area contributed by atoms with E-state index in [0.29, 0.717) is 22.8 Å². The summed E-state index contributed by atoms with van der Waals surface area (Å²) in [7, 11) is 1.57. The normalized spacial score (nSPS) is 10.5. The maximum atomic E-state index is 12.5. The van der Waals surface area contributed by atoms with Crippen molar-refractivity contribution in [3.05, 3.63) is 59.4 Å². The number of carbonyl (C=O) groups excluding carboxylic acids is 1. The van der Waals surface area contributed by atoms with E-state index < -0.39 is 0 Å². The third-order valence-electron chi connectivity index (χ3n) is 3.67. The molecule has 0 unspecified atom stereocenters. The minimum Gasteiger partial charge on any atom is -0.495 e. The number of aromatic nitrogens is 3. The Kier molecular flexibility index (Phi) is 4.29. The standard InChI is InChI=1S/C18H18N4O2/c1-11-7-8-13(16(9-11)24-3)21-18(23)15-6-4-5-14(20-15)17-12(2)10-19-22-17/h4-10H,1-3H3,(H,19,22)(H,21,23). The lowest BCUT2D eigenvalue weighted by Crippen LogP contribution is -2.14. The van der Waals surface area contributed by atoms with Crippen LogP contribution in [0.1, 0.15) is 21.6 Å². The molecule has 3 aromatic rings. The zero-order valence-electron chi connectivity index (χ0n) is 13.8. The van der Waals surface area contributed by atoms with Crippen molar-refractivity contribution in [1.82, 2.24) is 15.2 Å². The molecule has 2 N–H and O–H groups in total. The van der Waals surface area contributed by atoms with Crippen LogP contribution in [0.25, 0.3) is 11.4 Å². The Bertz CT molecular complexity index is 886. The van der Waals surface area contributed by atoms with E-state index in [1.165, 1.54) is 0 Å². The molecule has 2 aromatic heterocycles. The van der Waals surface area contributed by atoms with E-state index in [-0.39, 0.29) is 5.91 Å². The summed E-state index contributed by atoms with van der Waals surface area (Å²) in [5.41, 5.74) is 4.44. The molecule has 0 aliphatic rings. The van der Waals surface area contributed by atoms with Crippen LogP contribution in [0.15, 0.2) is 42.6 Å². The minimum absolute atomic E-state index is 0.295. The van der Waals surface area contributed by atoms with Crippen LogP contribution in [0.2, 0.25) is 0 Å². The summed E-state index contributed by atoms with van der Waals surface area (Å²) < 4.78 is 5.31. The number of hydrogen-bond acceptors (Lipinski definition) is 4. The third-order valence-corrected chi connectivity index (χ3v) is 3.67. The largest absolute Gasteiger partial charge is 0.495 e. The smallest absolute Gasteiger partial charge is 0.274 e. The highest BCUT2D eigenvalue weighted by atomic mass is 16.5. The number of H-pyrrole nitrogens is 1. The molecule has 1 aromatic carbocycles. The summed E-state index contributed by atoms with van der Waals surface area (Å²) in [6, 6.07) is 10.9. The Morgan fingerprint density at radius 2 is 2.04 bits per heavy atom. The van der Waals surface area contributed by atoms with Crippen LogP contribution in [-0.2, 0) is 0 Å². The van der Waals surface area contributed by atoms with Crippen molar-refractivity contribution in [3.8, 4) is 17.1 Å². The molecule has 0 aliphatic carbocycles. The van der Waals surface area contributed by atoms with Gasteiger partial charge >= 0.3 is 0 Å². The van der Waals surface area contributed by atoms with E-state index in [1.807, 2.05) is 38.1 Å². The summed E-state index contributed by atoms with van der Waals surface area (Å²) in [6.07, 6.45) is 1.72. The molecule has 0 saturated carbocycles. The molecule has 24 heavy (non-hydrogen) atoms. The topological polar surface area (TPSA) is 79.9 Å². The number of hydrogen-bond donors (Lipinski definition) is 2. The molecule has 0 fully saturated rings. The van der Waals surface area contributed by atoms with Gasteiger partial charge in [0.15, 0.2) is 0 Å². The molecule has 0 radical (unpaired) electrons. The van der Waals surface area contributed by atoms with E-state index in [9.17, 15) is 4.79 Å². The van der Waals surface area contributed by atoms with Crippen molar-refractivity contribution >= 4 is 11.6 Å². The number of nitrogens with zero attached hydrogens (tertiary/aromatic N) is 2. The lowest BCUT2D eigenvalue weighted by atomic mass is 10.2. The Morgan fingerprint density at radius 3 is 2.75 bits per heavy atom. The highest BCUT2D eigenvalue weighted by Gasteiger charge is 2.13. The predicted molar refractivity (Wildman–Crippen MR) is 92.2 cm³/mol. The van der Waals surface area contributed by atoms with E-state index in [4.69, 9.17) is 4.74 Å². The first-order valence-corrected chi connectivity index (χ1v) is 7.52. The molecule has 0 bridgehead atoms. The molecule has 2 heterocycles. The van der Waals surface area contributed by atoms with Crippen molar-refractivity contribution in [2.45, 2.75) is 13.8 Å². The number of amides is 1. The zero-order chi connectivity index (χ0) is 17.1. The molecule has 6 nitrogen and oxygen atoms in total. The van der Waals surface area contributed by atoms with Crippen LogP contribution in [0.5, 0.6) is 5.75 Å². The van der Waals surface area contributed by atoms with E-state index >= 15 is 0 Å². The second-order valence-corrected chi connectivity index (χ2v) is 5.49. The first-order valence-electron chi connectivity index (χ1n) is 7.52. The van der Waals surface area contributed by atoms with Crippen LogP contribution in [0.3, 0.4) is 0 Å². The third kappa shape index (κ3) is 3.12. The van der Waals surface area contributed by atoms with Crippen molar-refractivity contribution in [2.75, 3.05) is 12.4 Å². The van der Waals surface area contributed by atoms with Gasteiger partial charge in [-0.1, -0.05) is 12.1 Å². The summed E-state index contributed by atoms with van der Waals surface area (Å²) in [5.74, 6) is 0.320. The summed E-state index contributed by atoms with van der Waals surface area (Å²) in [4.78, 5) is 16.9. The predicted octanol–water partition coefficient (Wildman–Crippen LogP) is 3.35. The van der Waals surface area contributed by atoms with Gasteiger partial charge in [-0.3, -0.25) is 9.89 Å². The monoisotopic (exact) mass is 322 g/mol. The van der Waals surface area contributed by atoms with Crippen molar-refractivity contribution in [2.24, 2.45) is 0 Å². The Morgan fingerprint density at radius 1 is 1.21 bits per heavy atom. The van der Waals surface area contributed by atoms with Crippen LogP contribution in [-0.4, -0.2) is 28.2 Å². The first-order chi connectivity index (χ1) is 11.6. The average molecular weight is 322 g/mol. The summed E-state index contributed by atoms with van der Waals surface area (Å²) in [5, 5.41) is 9.73. The zero-order valence-corrected chi connectivity index (χ0v) is 13.8. The number of aryl methyl sites for hydroxylation is 2. The van der Waals surface area contributed by atoms with E-state index in [2.05, 4.69) is 20.5 Å². The number of benzene rings is 1. The number of anilines is 1. The van der Waals surface area contributed by atoms with Crippen LogP contribution < -0.4 is 10.1 Å². The van der Waals surface area contributed by atoms with E-state index in [1.54, 1.807) is 25.4 Å². The SMILES string of the molecule is COc1cc(C)ccc1NC(=O)c1cccc(-c2[nH]ncc2C)n1. The van der Waals surface area contributed by atoms with E-state index in [0.717, 1.165) is 16.8 Å². The van der Waals surface area contributed by atoms with Gasteiger partial charge in [-0.05, 0) is 49.2 Å². The molecule has 3 rings (SSSR count). The molecule has 122 valence electrons. The lowest BCUT2D eigenvalue weighted by Gasteiger charge is -2.11. The minimum atomic E-state index is -0.295.